The summed E-state index contributed by atoms with van der Waals surface area (Å²) in [5.41, 5.74) is 6.23. The molecule has 0 bridgehead atoms. The van der Waals surface area contributed by atoms with Crippen LogP contribution in [0.2, 0.25) is 0 Å². The van der Waals surface area contributed by atoms with Crippen molar-refractivity contribution in [2.24, 2.45) is 5.73 Å². The van der Waals surface area contributed by atoms with Crippen molar-refractivity contribution in [2.75, 3.05) is 13.1 Å². The van der Waals surface area contributed by atoms with Gasteiger partial charge in [-0.3, -0.25) is 14.6 Å². The molecular formula is C13H18N4O2. The van der Waals surface area contributed by atoms with Crippen LogP contribution in [0.25, 0.3) is 0 Å². The summed E-state index contributed by atoms with van der Waals surface area (Å²) in [6, 6.07) is 4.08. The van der Waals surface area contributed by atoms with Crippen LogP contribution < -0.4 is 11.1 Å². The Morgan fingerprint density at radius 2 is 2.05 bits per heavy atom. The molecule has 3 N–H and O–H groups in total. The molecule has 0 spiro atoms. The third kappa shape index (κ3) is 4.03. The summed E-state index contributed by atoms with van der Waals surface area (Å²) in [7, 11) is 0. The quantitative estimate of drug-likeness (QED) is 0.733. The van der Waals surface area contributed by atoms with Gasteiger partial charge < -0.3 is 16.0 Å². The number of pyridine rings is 1. The molecule has 0 radical (unpaired) electrons. The van der Waals surface area contributed by atoms with E-state index in [0.29, 0.717) is 12.6 Å². The molecule has 1 aliphatic carbocycles. The van der Waals surface area contributed by atoms with Gasteiger partial charge in [-0.15, -0.1) is 0 Å². The minimum Gasteiger partial charge on any atom is -0.346 e. The lowest BCUT2D eigenvalue weighted by atomic mass is 10.2. The van der Waals surface area contributed by atoms with E-state index in [1.807, 2.05) is 17.0 Å². The predicted octanol–water partition coefficient (Wildman–Crippen LogP) is -0.353. The molecule has 1 aromatic heterocycles. The summed E-state index contributed by atoms with van der Waals surface area (Å²) in [5, 5.41) is 2.51. The summed E-state index contributed by atoms with van der Waals surface area (Å²) in [5.74, 6) is -0.380. The van der Waals surface area contributed by atoms with Crippen LogP contribution >= 0.6 is 0 Å². The maximum atomic E-state index is 12.1. The van der Waals surface area contributed by atoms with E-state index < -0.39 is 0 Å². The van der Waals surface area contributed by atoms with Crippen LogP contribution in [-0.2, 0) is 16.1 Å². The van der Waals surface area contributed by atoms with E-state index in [4.69, 9.17) is 5.73 Å². The molecule has 0 saturated heterocycles. The maximum Gasteiger partial charge on any atom is 0.242 e. The van der Waals surface area contributed by atoms with Crippen molar-refractivity contribution in [3.8, 4) is 0 Å². The first-order chi connectivity index (χ1) is 9.20. The van der Waals surface area contributed by atoms with Crippen LogP contribution in [-0.4, -0.2) is 40.8 Å². The number of nitrogens with two attached hydrogens (primary N) is 1. The zero-order valence-electron chi connectivity index (χ0n) is 10.7. The number of nitrogens with one attached hydrogen (secondary N) is 1. The van der Waals surface area contributed by atoms with Gasteiger partial charge in [0.15, 0.2) is 0 Å². The first-order valence-corrected chi connectivity index (χ1v) is 6.36. The van der Waals surface area contributed by atoms with E-state index in [1.165, 1.54) is 0 Å². The largest absolute Gasteiger partial charge is 0.346 e. The molecule has 6 heteroatoms. The minimum atomic E-state index is -0.312. The summed E-state index contributed by atoms with van der Waals surface area (Å²) in [6.07, 6.45) is 5.48. The number of amides is 2. The molecule has 1 aliphatic rings. The molecule has 1 saturated carbocycles. The first kappa shape index (κ1) is 13.5. The number of rotatable bonds is 6. The van der Waals surface area contributed by atoms with Crippen molar-refractivity contribution >= 4 is 11.8 Å². The van der Waals surface area contributed by atoms with Crippen LogP contribution in [0.3, 0.4) is 0 Å². The standard InChI is InChI=1S/C13H18N4O2/c14-7-12(18)16-8-13(19)17(11-1-2-11)9-10-3-5-15-6-4-10/h3-6,11H,1-2,7-9,14H2,(H,16,18). The van der Waals surface area contributed by atoms with E-state index in [-0.39, 0.29) is 24.9 Å². The molecule has 0 unspecified atom stereocenters. The summed E-state index contributed by atoms with van der Waals surface area (Å²) in [4.78, 5) is 28.9. The molecule has 1 aromatic rings. The van der Waals surface area contributed by atoms with E-state index >= 15 is 0 Å². The average Bonchev–Trinajstić information content (AvgIpc) is 3.27. The van der Waals surface area contributed by atoms with Crippen molar-refractivity contribution < 1.29 is 9.59 Å². The van der Waals surface area contributed by atoms with Gasteiger partial charge in [-0.1, -0.05) is 0 Å². The smallest absolute Gasteiger partial charge is 0.242 e. The van der Waals surface area contributed by atoms with Crippen LogP contribution in [0.1, 0.15) is 18.4 Å². The van der Waals surface area contributed by atoms with Gasteiger partial charge >= 0.3 is 0 Å². The Hall–Kier alpha value is -1.95. The van der Waals surface area contributed by atoms with Gasteiger partial charge in [0, 0.05) is 25.0 Å². The number of carbonyl (C=O) groups is 2. The molecule has 19 heavy (non-hydrogen) atoms. The SMILES string of the molecule is NCC(=O)NCC(=O)N(Cc1ccncc1)C1CC1. The Balaban J connectivity index is 1.92. The highest BCUT2D eigenvalue weighted by Gasteiger charge is 2.32. The summed E-state index contributed by atoms with van der Waals surface area (Å²) in [6.45, 7) is 0.475. The van der Waals surface area contributed by atoms with E-state index in [9.17, 15) is 9.59 Å². The third-order valence-electron chi connectivity index (χ3n) is 3.03. The minimum absolute atomic E-state index is 0.0115. The van der Waals surface area contributed by atoms with Crippen LogP contribution in [0, 0.1) is 0 Å². The lowest BCUT2D eigenvalue weighted by Gasteiger charge is -2.22. The molecule has 1 heterocycles. The van der Waals surface area contributed by atoms with Gasteiger partial charge in [0.1, 0.15) is 0 Å². The highest BCUT2D eigenvalue weighted by Crippen LogP contribution is 2.28. The Morgan fingerprint density at radius 3 is 2.63 bits per heavy atom. The zero-order chi connectivity index (χ0) is 13.7. The highest BCUT2D eigenvalue weighted by atomic mass is 16.2. The number of hydrogen-bond acceptors (Lipinski definition) is 4. The van der Waals surface area contributed by atoms with Gasteiger partial charge in [0.05, 0.1) is 13.1 Å². The van der Waals surface area contributed by atoms with Crippen molar-refractivity contribution in [1.29, 1.82) is 0 Å². The fourth-order valence-corrected chi connectivity index (χ4v) is 1.84. The molecule has 102 valence electrons. The monoisotopic (exact) mass is 262 g/mol. The topological polar surface area (TPSA) is 88.3 Å². The van der Waals surface area contributed by atoms with Crippen molar-refractivity contribution in [3.63, 3.8) is 0 Å². The zero-order valence-corrected chi connectivity index (χ0v) is 10.7. The number of nitrogens with zero attached hydrogens (tertiary/aromatic N) is 2. The molecule has 0 atom stereocenters. The predicted molar refractivity (Wildman–Crippen MR) is 69.9 cm³/mol. The second-order valence-corrected chi connectivity index (χ2v) is 4.59. The second-order valence-electron chi connectivity index (χ2n) is 4.59. The number of aromatic nitrogens is 1. The summed E-state index contributed by atoms with van der Waals surface area (Å²) < 4.78 is 0. The Bertz CT molecular complexity index is 445. The number of hydrogen-bond donors (Lipinski definition) is 2. The highest BCUT2D eigenvalue weighted by molar-refractivity contribution is 5.85. The molecule has 0 aromatic carbocycles. The van der Waals surface area contributed by atoms with Gasteiger partial charge in [0.25, 0.3) is 0 Å². The number of carbonyl (C=O) groups excluding carboxylic acids is 2. The molecule has 2 rings (SSSR count). The van der Waals surface area contributed by atoms with Crippen LogP contribution in [0.4, 0.5) is 0 Å². The third-order valence-corrected chi connectivity index (χ3v) is 3.03. The van der Waals surface area contributed by atoms with Gasteiger partial charge in [0.2, 0.25) is 11.8 Å². The van der Waals surface area contributed by atoms with Gasteiger partial charge in [-0.25, -0.2) is 0 Å². The maximum absolute atomic E-state index is 12.1. The average molecular weight is 262 g/mol. The summed E-state index contributed by atoms with van der Waals surface area (Å²) >= 11 is 0. The van der Waals surface area contributed by atoms with Crippen molar-refractivity contribution in [2.45, 2.75) is 25.4 Å². The van der Waals surface area contributed by atoms with Gasteiger partial charge in [-0.05, 0) is 30.5 Å². The lowest BCUT2D eigenvalue weighted by Crippen LogP contribution is -2.42. The molecular weight excluding hydrogens is 244 g/mol. The van der Waals surface area contributed by atoms with Crippen LogP contribution in [0.5, 0.6) is 0 Å². The van der Waals surface area contributed by atoms with E-state index in [2.05, 4.69) is 10.3 Å². The van der Waals surface area contributed by atoms with Crippen molar-refractivity contribution in [3.05, 3.63) is 30.1 Å². The Labute approximate surface area is 112 Å². The molecule has 0 aliphatic heterocycles. The molecule has 2 amide bonds. The fraction of sp³-hybridized carbons (Fsp3) is 0.462. The normalized spacial score (nSPS) is 13.9. The molecule has 1 fully saturated rings. The van der Waals surface area contributed by atoms with E-state index in [1.54, 1.807) is 12.4 Å². The second kappa shape index (κ2) is 6.29. The van der Waals surface area contributed by atoms with E-state index in [0.717, 1.165) is 18.4 Å². The molecule has 6 nitrogen and oxygen atoms in total. The first-order valence-electron chi connectivity index (χ1n) is 6.36. The Morgan fingerprint density at radius 1 is 1.37 bits per heavy atom. The fourth-order valence-electron chi connectivity index (χ4n) is 1.84. The van der Waals surface area contributed by atoms with Crippen LogP contribution in [0.15, 0.2) is 24.5 Å². The Kier molecular flexibility index (Phi) is 4.46. The lowest BCUT2D eigenvalue weighted by molar-refractivity contribution is -0.133. The van der Waals surface area contributed by atoms with Crippen molar-refractivity contribution in [1.82, 2.24) is 15.2 Å². The van der Waals surface area contributed by atoms with Gasteiger partial charge in [-0.2, -0.15) is 0 Å².